The van der Waals surface area contributed by atoms with Crippen molar-refractivity contribution in [2.45, 2.75) is 32.9 Å². The average Bonchev–Trinajstić information content (AvgIpc) is 2.35. The van der Waals surface area contributed by atoms with Gasteiger partial charge in [0.2, 0.25) is 0 Å². The highest BCUT2D eigenvalue weighted by atomic mass is 79.9. The predicted molar refractivity (Wildman–Crippen MR) is 83.0 cm³/mol. The summed E-state index contributed by atoms with van der Waals surface area (Å²) >= 11 is 3.44. The fourth-order valence-electron chi connectivity index (χ4n) is 2.67. The lowest BCUT2D eigenvalue weighted by molar-refractivity contribution is 0.101. The zero-order chi connectivity index (χ0) is 14.2. The van der Waals surface area contributed by atoms with Crippen molar-refractivity contribution in [3.63, 3.8) is 0 Å². The third-order valence-corrected chi connectivity index (χ3v) is 4.53. The highest BCUT2D eigenvalue weighted by molar-refractivity contribution is 9.10. The zero-order valence-electron chi connectivity index (χ0n) is 12.0. The van der Waals surface area contributed by atoms with Gasteiger partial charge >= 0.3 is 0 Å². The van der Waals surface area contributed by atoms with Gasteiger partial charge in [0.15, 0.2) is 5.78 Å². The van der Waals surface area contributed by atoms with Crippen LogP contribution in [0.15, 0.2) is 22.7 Å². The number of carbonyl (C=O) groups excluding carboxylic acids is 1. The van der Waals surface area contributed by atoms with Gasteiger partial charge in [-0.15, -0.1) is 0 Å². The number of carbonyl (C=O) groups is 1. The van der Waals surface area contributed by atoms with Crippen molar-refractivity contribution in [2.24, 2.45) is 0 Å². The maximum Gasteiger partial charge on any atom is 0.161 e. The molecule has 1 aromatic rings. The van der Waals surface area contributed by atoms with Crippen molar-refractivity contribution < 1.29 is 4.79 Å². The molecule has 0 saturated carbocycles. The van der Waals surface area contributed by atoms with Gasteiger partial charge in [0.1, 0.15) is 0 Å². The van der Waals surface area contributed by atoms with Crippen molar-refractivity contribution in [1.29, 1.82) is 0 Å². The molecule has 2 rings (SSSR count). The molecule has 0 N–H and O–H groups in total. The number of rotatable bonds is 2. The maximum absolute atomic E-state index is 11.8. The van der Waals surface area contributed by atoms with E-state index < -0.39 is 0 Å². The third kappa shape index (κ3) is 3.00. The molecule has 2 unspecified atom stereocenters. The summed E-state index contributed by atoms with van der Waals surface area (Å²) in [5.41, 5.74) is 1.86. The molecule has 3 nitrogen and oxygen atoms in total. The first-order chi connectivity index (χ1) is 8.90. The lowest BCUT2D eigenvalue weighted by Crippen LogP contribution is -2.55. The Balaban J connectivity index is 2.34. The van der Waals surface area contributed by atoms with Crippen LogP contribution in [-0.2, 0) is 0 Å². The van der Waals surface area contributed by atoms with Gasteiger partial charge < -0.3 is 4.90 Å². The predicted octanol–water partition coefficient (Wildman–Crippen LogP) is 3.18. The van der Waals surface area contributed by atoms with Crippen LogP contribution in [-0.4, -0.2) is 42.9 Å². The van der Waals surface area contributed by atoms with E-state index in [1.165, 1.54) is 0 Å². The van der Waals surface area contributed by atoms with E-state index in [9.17, 15) is 4.79 Å². The molecule has 0 amide bonds. The zero-order valence-corrected chi connectivity index (χ0v) is 13.6. The van der Waals surface area contributed by atoms with Gasteiger partial charge in [0.25, 0.3) is 0 Å². The van der Waals surface area contributed by atoms with E-state index in [2.05, 4.69) is 46.6 Å². The fourth-order valence-corrected chi connectivity index (χ4v) is 3.03. The van der Waals surface area contributed by atoms with Crippen molar-refractivity contribution in [2.75, 3.05) is 25.0 Å². The standard InChI is InChI=1S/C15H21BrN2O/c1-10-8-18(9-11(2)17(10)4)15-6-5-13(16)7-14(15)12(3)19/h5-7,10-11H,8-9H2,1-4H3. The van der Waals surface area contributed by atoms with E-state index in [0.29, 0.717) is 12.1 Å². The molecule has 1 aromatic carbocycles. The monoisotopic (exact) mass is 324 g/mol. The molecule has 1 saturated heterocycles. The van der Waals surface area contributed by atoms with E-state index >= 15 is 0 Å². The van der Waals surface area contributed by atoms with Crippen LogP contribution < -0.4 is 4.90 Å². The Morgan fingerprint density at radius 1 is 1.26 bits per heavy atom. The summed E-state index contributed by atoms with van der Waals surface area (Å²) in [6.07, 6.45) is 0. The molecule has 19 heavy (non-hydrogen) atoms. The molecule has 0 radical (unpaired) electrons. The Labute approximate surface area is 123 Å². The lowest BCUT2D eigenvalue weighted by atomic mass is 10.0. The molecule has 0 bridgehead atoms. The molecule has 1 fully saturated rings. The molecule has 1 aliphatic rings. The summed E-state index contributed by atoms with van der Waals surface area (Å²) in [7, 11) is 2.17. The second kappa shape index (κ2) is 5.63. The SMILES string of the molecule is CC(=O)c1cc(Br)ccc1N1CC(C)N(C)C(C)C1. The minimum Gasteiger partial charge on any atom is -0.368 e. The van der Waals surface area contributed by atoms with Crippen molar-refractivity contribution in [3.05, 3.63) is 28.2 Å². The second-order valence-electron chi connectivity index (χ2n) is 5.49. The van der Waals surface area contributed by atoms with Crippen LogP contribution in [0.3, 0.4) is 0 Å². The molecular weight excluding hydrogens is 304 g/mol. The summed E-state index contributed by atoms with van der Waals surface area (Å²) < 4.78 is 0.955. The summed E-state index contributed by atoms with van der Waals surface area (Å²) in [5, 5.41) is 0. The molecule has 2 atom stereocenters. The van der Waals surface area contributed by atoms with E-state index in [0.717, 1.165) is 28.8 Å². The van der Waals surface area contributed by atoms with Crippen molar-refractivity contribution in [1.82, 2.24) is 4.90 Å². The first kappa shape index (κ1) is 14.5. The van der Waals surface area contributed by atoms with Crippen LogP contribution in [0.4, 0.5) is 5.69 Å². The number of likely N-dealkylation sites (N-methyl/N-ethyl adjacent to an activating group) is 1. The van der Waals surface area contributed by atoms with E-state index in [1.54, 1.807) is 6.92 Å². The van der Waals surface area contributed by atoms with Crippen molar-refractivity contribution in [3.8, 4) is 0 Å². The van der Waals surface area contributed by atoms with E-state index in [1.807, 2.05) is 18.2 Å². The number of hydrogen-bond acceptors (Lipinski definition) is 3. The lowest BCUT2D eigenvalue weighted by Gasteiger charge is -2.44. The number of hydrogen-bond donors (Lipinski definition) is 0. The van der Waals surface area contributed by atoms with Crippen LogP contribution in [0, 0.1) is 0 Å². The highest BCUT2D eigenvalue weighted by Gasteiger charge is 2.28. The topological polar surface area (TPSA) is 23.6 Å². The smallest absolute Gasteiger partial charge is 0.161 e. The van der Waals surface area contributed by atoms with Crippen LogP contribution in [0.5, 0.6) is 0 Å². The molecular formula is C15H21BrN2O. The number of benzene rings is 1. The number of piperazine rings is 1. The average molecular weight is 325 g/mol. The van der Waals surface area contributed by atoms with Gasteiger partial charge in [-0.2, -0.15) is 0 Å². The quantitative estimate of drug-likeness (QED) is 0.780. The number of nitrogens with zero attached hydrogens (tertiary/aromatic N) is 2. The molecule has 0 aromatic heterocycles. The molecule has 104 valence electrons. The third-order valence-electron chi connectivity index (χ3n) is 4.04. The molecule has 0 aliphatic carbocycles. The minimum absolute atomic E-state index is 0.121. The number of anilines is 1. The Morgan fingerprint density at radius 2 is 1.84 bits per heavy atom. The summed E-state index contributed by atoms with van der Waals surface area (Å²) in [6, 6.07) is 6.96. The summed E-state index contributed by atoms with van der Waals surface area (Å²) in [4.78, 5) is 16.6. The van der Waals surface area contributed by atoms with Gasteiger partial charge in [0, 0.05) is 40.9 Å². The molecule has 1 heterocycles. The Kier molecular flexibility index (Phi) is 4.31. The fraction of sp³-hybridized carbons (Fsp3) is 0.533. The Bertz CT molecular complexity index is 477. The largest absolute Gasteiger partial charge is 0.368 e. The van der Waals surface area contributed by atoms with Crippen LogP contribution in [0.1, 0.15) is 31.1 Å². The first-order valence-corrected chi connectivity index (χ1v) is 7.47. The maximum atomic E-state index is 11.8. The van der Waals surface area contributed by atoms with E-state index in [4.69, 9.17) is 0 Å². The molecule has 4 heteroatoms. The van der Waals surface area contributed by atoms with E-state index in [-0.39, 0.29) is 5.78 Å². The van der Waals surface area contributed by atoms with Gasteiger partial charge in [-0.05, 0) is 46.0 Å². The van der Waals surface area contributed by atoms with Crippen LogP contribution >= 0.6 is 15.9 Å². The van der Waals surface area contributed by atoms with Gasteiger partial charge in [0.05, 0.1) is 0 Å². The number of halogens is 1. The highest BCUT2D eigenvalue weighted by Crippen LogP contribution is 2.28. The van der Waals surface area contributed by atoms with Crippen molar-refractivity contribution >= 4 is 27.4 Å². The summed E-state index contributed by atoms with van der Waals surface area (Å²) in [5.74, 6) is 0.121. The van der Waals surface area contributed by atoms with Gasteiger partial charge in [-0.25, -0.2) is 0 Å². The number of Topliss-reactive ketones (excluding diaryl/α,β-unsaturated/α-hetero) is 1. The van der Waals surface area contributed by atoms with Gasteiger partial charge in [-0.3, -0.25) is 9.69 Å². The minimum atomic E-state index is 0.121. The summed E-state index contributed by atoms with van der Waals surface area (Å²) in [6.45, 7) is 8.02. The van der Waals surface area contributed by atoms with Gasteiger partial charge in [-0.1, -0.05) is 15.9 Å². The van der Waals surface area contributed by atoms with Crippen LogP contribution in [0.2, 0.25) is 0 Å². The normalized spacial score (nSPS) is 24.6. The number of ketones is 1. The molecule has 0 spiro atoms. The van der Waals surface area contributed by atoms with Crippen LogP contribution in [0.25, 0.3) is 0 Å². The Morgan fingerprint density at radius 3 is 2.37 bits per heavy atom. The molecule has 1 aliphatic heterocycles. The second-order valence-corrected chi connectivity index (χ2v) is 6.40. The Hall–Kier alpha value is -0.870. The first-order valence-electron chi connectivity index (χ1n) is 6.67.